The number of nitrogens with one attached hydrogen (secondary N) is 1. The second-order valence-corrected chi connectivity index (χ2v) is 11.9. The standard InChI is InChI=1S/C28H33BrN2O5S/c1-19(2)16-26(21-8-12-23(35-4)13-9-21)30-28(32)18-31(22-10-6-20(3)7-11-22)37(33,34)24-14-15-27(36-5)25(29)17-24/h6-15,17,19,26H,16,18H2,1-5H3,(H,30,32)/t26-/m1/s1. The molecule has 0 unspecified atom stereocenters. The van der Waals surface area contributed by atoms with Gasteiger partial charge in [-0.25, -0.2) is 8.42 Å². The molecule has 0 aliphatic heterocycles. The van der Waals surface area contributed by atoms with Gasteiger partial charge in [0, 0.05) is 0 Å². The summed E-state index contributed by atoms with van der Waals surface area (Å²) in [6, 6.07) is 18.8. The quantitative estimate of drug-likeness (QED) is 0.302. The molecule has 0 heterocycles. The van der Waals surface area contributed by atoms with Crippen LogP contribution in [-0.2, 0) is 14.8 Å². The summed E-state index contributed by atoms with van der Waals surface area (Å²) in [5, 5.41) is 3.05. The Hall–Kier alpha value is -3.04. The number of aryl methyl sites for hydroxylation is 1. The summed E-state index contributed by atoms with van der Waals surface area (Å²) < 4.78 is 39.7. The highest BCUT2D eigenvalue weighted by molar-refractivity contribution is 9.10. The first-order valence-corrected chi connectivity index (χ1v) is 14.1. The zero-order valence-corrected chi connectivity index (χ0v) is 24.1. The van der Waals surface area contributed by atoms with E-state index in [4.69, 9.17) is 9.47 Å². The minimum atomic E-state index is -4.07. The second kappa shape index (κ2) is 12.5. The maximum atomic E-state index is 13.8. The highest BCUT2D eigenvalue weighted by atomic mass is 79.9. The molecule has 0 aliphatic carbocycles. The summed E-state index contributed by atoms with van der Waals surface area (Å²) in [6.07, 6.45) is 0.695. The first-order valence-electron chi connectivity index (χ1n) is 11.9. The third kappa shape index (κ3) is 7.26. The van der Waals surface area contributed by atoms with E-state index < -0.39 is 15.9 Å². The summed E-state index contributed by atoms with van der Waals surface area (Å²) in [6.45, 7) is 5.70. The molecule has 1 amide bonds. The Labute approximate surface area is 228 Å². The summed E-state index contributed by atoms with van der Waals surface area (Å²) in [5.41, 5.74) is 2.30. The molecule has 37 heavy (non-hydrogen) atoms. The molecule has 1 N–H and O–H groups in total. The SMILES string of the molecule is COc1ccc([C@@H](CC(C)C)NC(=O)CN(c2ccc(C)cc2)S(=O)(=O)c2ccc(OC)c(Br)c2)cc1. The van der Waals surface area contributed by atoms with Gasteiger partial charge in [-0.2, -0.15) is 0 Å². The second-order valence-electron chi connectivity index (χ2n) is 9.17. The summed E-state index contributed by atoms with van der Waals surface area (Å²) in [5.74, 6) is 1.13. The van der Waals surface area contributed by atoms with Crippen LogP contribution in [0.2, 0.25) is 0 Å². The molecular weight excluding hydrogens is 556 g/mol. The van der Waals surface area contributed by atoms with E-state index in [1.54, 1.807) is 25.3 Å². The molecule has 0 bridgehead atoms. The number of rotatable bonds is 11. The van der Waals surface area contributed by atoms with Gasteiger partial charge >= 0.3 is 0 Å². The number of anilines is 1. The largest absolute Gasteiger partial charge is 0.497 e. The average molecular weight is 590 g/mol. The van der Waals surface area contributed by atoms with Gasteiger partial charge in [0.2, 0.25) is 5.91 Å². The Bertz CT molecular complexity index is 1310. The predicted molar refractivity (Wildman–Crippen MR) is 150 cm³/mol. The Morgan fingerprint density at radius 3 is 2.16 bits per heavy atom. The highest BCUT2D eigenvalue weighted by Crippen LogP contribution is 2.31. The third-order valence-electron chi connectivity index (χ3n) is 5.88. The van der Waals surface area contributed by atoms with Crippen LogP contribution in [0.25, 0.3) is 0 Å². The fourth-order valence-corrected chi connectivity index (χ4v) is 6.06. The number of carbonyl (C=O) groups excluding carboxylic acids is 1. The van der Waals surface area contributed by atoms with Gasteiger partial charge < -0.3 is 14.8 Å². The van der Waals surface area contributed by atoms with Gasteiger partial charge in [-0.3, -0.25) is 9.10 Å². The molecule has 0 aliphatic rings. The van der Waals surface area contributed by atoms with E-state index in [-0.39, 0.29) is 17.5 Å². The topological polar surface area (TPSA) is 84.9 Å². The Morgan fingerprint density at radius 1 is 0.973 bits per heavy atom. The number of carbonyl (C=O) groups is 1. The smallest absolute Gasteiger partial charge is 0.264 e. The van der Waals surface area contributed by atoms with E-state index >= 15 is 0 Å². The normalized spacial score (nSPS) is 12.2. The van der Waals surface area contributed by atoms with Crippen molar-refractivity contribution in [2.24, 2.45) is 5.92 Å². The summed E-state index contributed by atoms with van der Waals surface area (Å²) in [4.78, 5) is 13.4. The molecule has 0 aromatic heterocycles. The van der Waals surface area contributed by atoms with E-state index in [9.17, 15) is 13.2 Å². The van der Waals surface area contributed by atoms with Crippen molar-refractivity contribution in [3.63, 3.8) is 0 Å². The van der Waals surface area contributed by atoms with Crippen LogP contribution in [0.5, 0.6) is 11.5 Å². The van der Waals surface area contributed by atoms with Crippen LogP contribution in [0.3, 0.4) is 0 Å². The van der Waals surface area contributed by atoms with Gasteiger partial charge in [0.1, 0.15) is 18.0 Å². The van der Waals surface area contributed by atoms with Crippen molar-refractivity contribution in [1.82, 2.24) is 5.32 Å². The summed E-state index contributed by atoms with van der Waals surface area (Å²) in [7, 11) is -0.963. The number of hydrogen-bond donors (Lipinski definition) is 1. The van der Waals surface area contributed by atoms with Crippen molar-refractivity contribution >= 4 is 37.5 Å². The Morgan fingerprint density at radius 2 is 1.62 bits per heavy atom. The molecule has 198 valence electrons. The fourth-order valence-electron chi connectivity index (χ4n) is 3.92. The van der Waals surface area contributed by atoms with Gasteiger partial charge in [-0.1, -0.05) is 43.7 Å². The van der Waals surface area contributed by atoms with Crippen LogP contribution < -0.4 is 19.1 Å². The average Bonchev–Trinajstić information content (AvgIpc) is 2.87. The van der Waals surface area contributed by atoms with E-state index in [0.29, 0.717) is 28.2 Å². The molecule has 0 spiro atoms. The number of ether oxygens (including phenoxy) is 2. The van der Waals surface area contributed by atoms with Crippen molar-refractivity contribution < 1.29 is 22.7 Å². The maximum absolute atomic E-state index is 13.8. The summed E-state index contributed by atoms with van der Waals surface area (Å²) >= 11 is 3.36. The number of methoxy groups -OCH3 is 2. The molecule has 0 radical (unpaired) electrons. The molecule has 7 nitrogen and oxygen atoms in total. The molecule has 1 atom stereocenters. The van der Waals surface area contributed by atoms with Crippen molar-refractivity contribution in [3.8, 4) is 11.5 Å². The first kappa shape index (κ1) is 28.5. The molecule has 3 aromatic rings. The lowest BCUT2D eigenvalue weighted by Gasteiger charge is -2.27. The molecule has 3 rings (SSSR count). The van der Waals surface area contributed by atoms with Crippen molar-refractivity contribution in [1.29, 1.82) is 0 Å². The Kier molecular flexibility index (Phi) is 9.62. The highest BCUT2D eigenvalue weighted by Gasteiger charge is 2.29. The van der Waals surface area contributed by atoms with Crippen LogP contribution in [-0.4, -0.2) is 35.1 Å². The number of benzene rings is 3. The van der Waals surface area contributed by atoms with E-state index in [2.05, 4.69) is 35.1 Å². The van der Waals surface area contributed by atoms with Crippen LogP contribution in [0, 0.1) is 12.8 Å². The molecule has 0 saturated carbocycles. The third-order valence-corrected chi connectivity index (χ3v) is 8.27. The molecule has 3 aromatic carbocycles. The van der Waals surface area contributed by atoms with Gasteiger partial charge in [0.15, 0.2) is 0 Å². The van der Waals surface area contributed by atoms with Gasteiger partial charge in [-0.05, 0) is 83.2 Å². The minimum Gasteiger partial charge on any atom is -0.497 e. The van der Waals surface area contributed by atoms with Gasteiger partial charge in [0.05, 0.1) is 35.3 Å². The van der Waals surface area contributed by atoms with Crippen molar-refractivity contribution in [2.75, 3.05) is 25.1 Å². The van der Waals surface area contributed by atoms with E-state index in [0.717, 1.165) is 21.2 Å². The lowest BCUT2D eigenvalue weighted by atomic mass is 9.97. The lowest BCUT2D eigenvalue weighted by Crippen LogP contribution is -2.42. The van der Waals surface area contributed by atoms with Crippen LogP contribution in [0.1, 0.15) is 37.4 Å². The van der Waals surface area contributed by atoms with Crippen LogP contribution >= 0.6 is 15.9 Å². The van der Waals surface area contributed by atoms with Crippen molar-refractivity contribution in [2.45, 2.75) is 38.1 Å². The molecule has 9 heteroatoms. The van der Waals surface area contributed by atoms with E-state index in [1.165, 1.54) is 19.2 Å². The number of hydrogen-bond acceptors (Lipinski definition) is 5. The lowest BCUT2D eigenvalue weighted by molar-refractivity contribution is -0.120. The Balaban J connectivity index is 1.94. The first-order chi connectivity index (χ1) is 17.5. The fraction of sp³-hybridized carbons (Fsp3) is 0.321. The van der Waals surface area contributed by atoms with Crippen LogP contribution in [0.15, 0.2) is 76.1 Å². The van der Waals surface area contributed by atoms with Gasteiger partial charge in [-0.15, -0.1) is 0 Å². The molecule has 0 saturated heterocycles. The number of halogens is 1. The number of nitrogens with zero attached hydrogens (tertiary/aromatic N) is 1. The zero-order valence-electron chi connectivity index (χ0n) is 21.7. The van der Waals surface area contributed by atoms with Crippen molar-refractivity contribution in [3.05, 3.63) is 82.3 Å². The zero-order chi connectivity index (χ0) is 27.2. The van der Waals surface area contributed by atoms with Gasteiger partial charge in [0.25, 0.3) is 10.0 Å². The maximum Gasteiger partial charge on any atom is 0.264 e. The number of sulfonamides is 1. The van der Waals surface area contributed by atoms with Crippen LogP contribution in [0.4, 0.5) is 5.69 Å². The predicted octanol–water partition coefficient (Wildman–Crippen LogP) is 5.87. The monoisotopic (exact) mass is 588 g/mol. The molecular formula is C28H33BrN2O5S. The molecule has 0 fully saturated rings. The minimum absolute atomic E-state index is 0.0439. The number of amides is 1. The van der Waals surface area contributed by atoms with E-state index in [1.807, 2.05) is 43.3 Å².